The summed E-state index contributed by atoms with van der Waals surface area (Å²) in [7, 11) is 0. The summed E-state index contributed by atoms with van der Waals surface area (Å²) in [4.78, 5) is 12.5. The Morgan fingerprint density at radius 1 is 1.20 bits per heavy atom. The van der Waals surface area contributed by atoms with E-state index < -0.39 is 0 Å². The zero-order valence-corrected chi connectivity index (χ0v) is 10.5. The maximum absolute atomic E-state index is 5.40. The molecule has 3 heterocycles. The molecule has 1 N–H and O–H groups in total. The summed E-state index contributed by atoms with van der Waals surface area (Å²) in [5, 5.41) is 7.34. The molecular weight excluding hydrogens is 254 g/mol. The van der Waals surface area contributed by atoms with Gasteiger partial charge in [-0.05, 0) is 17.7 Å². The maximum Gasteiger partial charge on any atom is 0.236 e. The van der Waals surface area contributed by atoms with Crippen LogP contribution in [0.15, 0.2) is 47.4 Å². The third-order valence-electron chi connectivity index (χ3n) is 3.38. The fourth-order valence-corrected chi connectivity index (χ4v) is 2.41. The van der Waals surface area contributed by atoms with E-state index in [1.165, 1.54) is 11.9 Å². The van der Waals surface area contributed by atoms with E-state index in [1.807, 2.05) is 12.1 Å². The molecule has 0 bridgehead atoms. The van der Waals surface area contributed by atoms with Crippen LogP contribution in [-0.4, -0.2) is 26.7 Å². The van der Waals surface area contributed by atoms with Crippen molar-refractivity contribution < 1.29 is 4.52 Å². The highest BCUT2D eigenvalue weighted by molar-refractivity contribution is 5.59. The Kier molecular flexibility index (Phi) is 2.45. The van der Waals surface area contributed by atoms with E-state index in [0.717, 1.165) is 12.2 Å². The number of anilines is 1. The van der Waals surface area contributed by atoms with Crippen LogP contribution in [0.5, 0.6) is 0 Å². The van der Waals surface area contributed by atoms with E-state index in [-0.39, 0.29) is 5.92 Å². The summed E-state index contributed by atoms with van der Waals surface area (Å²) >= 11 is 0. The third kappa shape index (κ3) is 1.73. The van der Waals surface area contributed by atoms with Crippen LogP contribution >= 0.6 is 0 Å². The molecule has 98 valence electrons. The molecule has 4 rings (SSSR count). The molecule has 6 heteroatoms. The van der Waals surface area contributed by atoms with E-state index in [1.54, 1.807) is 12.3 Å². The van der Waals surface area contributed by atoms with Gasteiger partial charge in [0.25, 0.3) is 0 Å². The topological polar surface area (TPSA) is 76.7 Å². The average Bonchev–Trinajstić information content (AvgIpc) is 3.14. The Morgan fingerprint density at radius 3 is 3.05 bits per heavy atom. The SMILES string of the molecule is c1ccc2c(c1)NCC2c1nc(-c2ccncn2)no1. The summed E-state index contributed by atoms with van der Waals surface area (Å²) in [6.45, 7) is 0.769. The first kappa shape index (κ1) is 11.1. The summed E-state index contributed by atoms with van der Waals surface area (Å²) in [6.07, 6.45) is 3.13. The lowest BCUT2D eigenvalue weighted by Crippen LogP contribution is -2.04. The molecule has 3 aromatic rings. The number of rotatable bonds is 2. The monoisotopic (exact) mass is 265 g/mol. The predicted octanol–water partition coefficient (Wildman–Crippen LogP) is 2.08. The highest BCUT2D eigenvalue weighted by Crippen LogP contribution is 2.35. The van der Waals surface area contributed by atoms with Crippen LogP contribution < -0.4 is 5.32 Å². The second kappa shape index (κ2) is 4.41. The van der Waals surface area contributed by atoms with Crippen molar-refractivity contribution in [1.82, 2.24) is 20.1 Å². The molecule has 0 radical (unpaired) electrons. The smallest absolute Gasteiger partial charge is 0.236 e. The molecular formula is C14H11N5O. The maximum atomic E-state index is 5.40. The molecule has 1 atom stereocenters. The zero-order valence-electron chi connectivity index (χ0n) is 10.5. The van der Waals surface area contributed by atoms with Crippen LogP contribution in [0.3, 0.4) is 0 Å². The summed E-state index contributed by atoms with van der Waals surface area (Å²) in [5.41, 5.74) is 2.97. The summed E-state index contributed by atoms with van der Waals surface area (Å²) in [6, 6.07) is 9.91. The van der Waals surface area contributed by atoms with Crippen molar-refractivity contribution in [2.75, 3.05) is 11.9 Å². The molecule has 1 aliphatic rings. The fourth-order valence-electron chi connectivity index (χ4n) is 2.41. The van der Waals surface area contributed by atoms with E-state index in [9.17, 15) is 0 Å². The van der Waals surface area contributed by atoms with Gasteiger partial charge in [0.15, 0.2) is 0 Å². The van der Waals surface area contributed by atoms with Gasteiger partial charge in [-0.25, -0.2) is 9.97 Å². The largest absolute Gasteiger partial charge is 0.384 e. The van der Waals surface area contributed by atoms with Gasteiger partial charge < -0.3 is 9.84 Å². The van der Waals surface area contributed by atoms with Gasteiger partial charge in [-0.3, -0.25) is 0 Å². The number of nitrogens with zero attached hydrogens (tertiary/aromatic N) is 4. The molecule has 0 amide bonds. The number of benzene rings is 1. The minimum atomic E-state index is 0.0919. The van der Waals surface area contributed by atoms with Gasteiger partial charge in [0.05, 0.1) is 5.92 Å². The molecule has 1 unspecified atom stereocenters. The van der Waals surface area contributed by atoms with Crippen molar-refractivity contribution >= 4 is 5.69 Å². The Balaban J connectivity index is 1.70. The number of aromatic nitrogens is 4. The van der Waals surface area contributed by atoms with E-state index >= 15 is 0 Å². The first-order valence-electron chi connectivity index (χ1n) is 6.34. The second-order valence-electron chi connectivity index (χ2n) is 4.57. The fraction of sp³-hybridized carbons (Fsp3) is 0.143. The Morgan fingerprint density at radius 2 is 2.15 bits per heavy atom. The lowest BCUT2D eigenvalue weighted by Gasteiger charge is -2.02. The molecule has 0 spiro atoms. The number of hydrogen-bond acceptors (Lipinski definition) is 6. The molecule has 20 heavy (non-hydrogen) atoms. The first-order valence-corrected chi connectivity index (χ1v) is 6.34. The van der Waals surface area contributed by atoms with Crippen LogP contribution in [-0.2, 0) is 0 Å². The third-order valence-corrected chi connectivity index (χ3v) is 3.38. The molecule has 1 aromatic carbocycles. The molecule has 6 nitrogen and oxygen atoms in total. The van der Waals surface area contributed by atoms with Gasteiger partial charge in [0, 0.05) is 18.4 Å². The standard InChI is InChI=1S/C14H11N5O/c1-2-4-11-9(3-1)10(7-16-11)14-18-13(19-20-14)12-5-6-15-8-17-12/h1-6,8,10,16H,7H2. The van der Waals surface area contributed by atoms with Crippen LogP contribution in [0, 0.1) is 0 Å². The summed E-state index contributed by atoms with van der Waals surface area (Å²) in [5.74, 6) is 1.19. The zero-order chi connectivity index (χ0) is 13.4. The summed E-state index contributed by atoms with van der Waals surface area (Å²) < 4.78 is 5.40. The lowest BCUT2D eigenvalue weighted by atomic mass is 10.0. The van der Waals surface area contributed by atoms with E-state index in [4.69, 9.17) is 4.52 Å². The van der Waals surface area contributed by atoms with E-state index in [2.05, 4.69) is 37.6 Å². The quantitative estimate of drug-likeness (QED) is 0.764. The first-order chi connectivity index (χ1) is 9.92. The minimum absolute atomic E-state index is 0.0919. The second-order valence-corrected chi connectivity index (χ2v) is 4.57. The lowest BCUT2D eigenvalue weighted by molar-refractivity contribution is 0.370. The van der Waals surface area contributed by atoms with Crippen molar-refractivity contribution in [3.63, 3.8) is 0 Å². The van der Waals surface area contributed by atoms with Gasteiger partial charge in [0.2, 0.25) is 11.7 Å². The van der Waals surface area contributed by atoms with Crippen LogP contribution in [0.2, 0.25) is 0 Å². The normalized spacial score (nSPS) is 16.7. The molecule has 0 fully saturated rings. The number of hydrogen-bond donors (Lipinski definition) is 1. The Labute approximate surface area is 114 Å². The van der Waals surface area contributed by atoms with Gasteiger partial charge in [-0.2, -0.15) is 4.98 Å². The minimum Gasteiger partial charge on any atom is -0.384 e. The van der Waals surface area contributed by atoms with Crippen molar-refractivity contribution in [3.8, 4) is 11.5 Å². The van der Waals surface area contributed by atoms with Gasteiger partial charge in [0.1, 0.15) is 12.0 Å². The Bertz CT molecular complexity index is 740. The molecule has 0 saturated carbocycles. The number of nitrogens with one attached hydrogen (secondary N) is 1. The Hall–Kier alpha value is -2.76. The van der Waals surface area contributed by atoms with Gasteiger partial charge in [-0.15, -0.1) is 0 Å². The van der Waals surface area contributed by atoms with Crippen LogP contribution in [0.4, 0.5) is 5.69 Å². The average molecular weight is 265 g/mol. The van der Waals surface area contributed by atoms with Gasteiger partial charge >= 0.3 is 0 Å². The number of fused-ring (bicyclic) bond motifs is 1. The molecule has 2 aromatic heterocycles. The van der Waals surface area contributed by atoms with E-state index in [0.29, 0.717) is 17.4 Å². The van der Waals surface area contributed by atoms with Crippen LogP contribution in [0.25, 0.3) is 11.5 Å². The van der Waals surface area contributed by atoms with Crippen molar-refractivity contribution in [2.45, 2.75) is 5.92 Å². The van der Waals surface area contributed by atoms with Crippen molar-refractivity contribution in [2.24, 2.45) is 0 Å². The van der Waals surface area contributed by atoms with Crippen molar-refractivity contribution in [3.05, 3.63) is 54.3 Å². The molecule has 0 saturated heterocycles. The molecule has 1 aliphatic heterocycles. The van der Waals surface area contributed by atoms with Crippen LogP contribution in [0.1, 0.15) is 17.4 Å². The van der Waals surface area contributed by atoms with Crippen molar-refractivity contribution in [1.29, 1.82) is 0 Å². The highest BCUT2D eigenvalue weighted by atomic mass is 16.5. The highest BCUT2D eigenvalue weighted by Gasteiger charge is 2.28. The number of para-hydroxylation sites is 1. The predicted molar refractivity (Wildman–Crippen MR) is 72.1 cm³/mol. The van der Waals surface area contributed by atoms with Gasteiger partial charge in [-0.1, -0.05) is 23.4 Å². The molecule has 0 aliphatic carbocycles.